The lowest BCUT2D eigenvalue weighted by Crippen LogP contribution is -2.68. The molecule has 10 rings (SSSR count). The van der Waals surface area contributed by atoms with Crippen molar-refractivity contribution < 1.29 is 57.0 Å². The first-order valence-electron chi connectivity index (χ1n) is 34.0. The predicted octanol–water partition coefficient (Wildman–Crippen LogP) is 15.3. The van der Waals surface area contributed by atoms with E-state index in [9.17, 15) is 14.7 Å². The molecule has 7 fully saturated rings. The highest BCUT2D eigenvalue weighted by atomic mass is 28.4. The van der Waals surface area contributed by atoms with E-state index in [0.717, 1.165) is 67.8 Å². The molecule has 11 unspecified atom stereocenters. The maximum atomic E-state index is 14.7. The van der Waals surface area contributed by atoms with Crippen LogP contribution in [0.5, 0.6) is 0 Å². The Morgan fingerprint density at radius 2 is 1.31 bits per heavy atom. The van der Waals surface area contributed by atoms with Gasteiger partial charge in [-0.25, -0.2) is 0 Å². The molecule has 1 N–H and O–H groups in total. The summed E-state index contributed by atoms with van der Waals surface area (Å²) in [6.07, 6.45) is 5.90. The van der Waals surface area contributed by atoms with Gasteiger partial charge >= 0.3 is 5.97 Å². The van der Waals surface area contributed by atoms with E-state index >= 15 is 0 Å². The van der Waals surface area contributed by atoms with E-state index in [1.54, 1.807) is 7.11 Å². The molecule has 480 valence electrons. The van der Waals surface area contributed by atoms with Gasteiger partial charge in [-0.05, 0) is 157 Å². The average Bonchev–Trinajstić information content (AvgIpc) is 0.688. The summed E-state index contributed by atoms with van der Waals surface area (Å²) in [6, 6.07) is 23.8. The van der Waals surface area contributed by atoms with Crippen LogP contribution in [0.15, 0.2) is 72.3 Å². The molecule has 3 saturated heterocycles. The number of carbonyl (C=O) groups is 2. The number of hydrogen-bond donors (Lipinski definition) is 1. The first-order valence-corrected chi connectivity index (χ1v) is 36.5. The van der Waals surface area contributed by atoms with Crippen molar-refractivity contribution in [2.75, 3.05) is 20.3 Å². The Morgan fingerprint density at radius 1 is 0.674 bits per heavy atom. The second kappa shape index (κ2) is 25.7. The summed E-state index contributed by atoms with van der Waals surface area (Å²) in [6.45, 7) is 36.2. The molecular weight excluding hydrogens is 1100 g/mol. The number of hydrogen-bond acceptors (Lipinski definition) is 11. The van der Waals surface area contributed by atoms with Crippen molar-refractivity contribution in [2.45, 2.75) is 254 Å². The van der Waals surface area contributed by atoms with E-state index in [0.29, 0.717) is 57.3 Å². The highest BCUT2D eigenvalue weighted by molar-refractivity contribution is 6.73. The number of carboxylic acids is 1. The van der Waals surface area contributed by atoms with Gasteiger partial charge < -0.3 is 52.2 Å². The minimum atomic E-state index is -2.26. The summed E-state index contributed by atoms with van der Waals surface area (Å²) in [4.78, 5) is 28.4. The van der Waals surface area contributed by atoms with E-state index in [1.807, 2.05) is 18.2 Å². The number of benzene rings is 2. The van der Waals surface area contributed by atoms with Gasteiger partial charge in [0.25, 0.3) is 0 Å². The largest absolute Gasteiger partial charge is 0.481 e. The number of rotatable bonds is 20. The summed E-state index contributed by atoms with van der Waals surface area (Å²) in [5.74, 6) is 0.220. The van der Waals surface area contributed by atoms with Crippen LogP contribution in [0.25, 0.3) is 0 Å². The van der Waals surface area contributed by atoms with Gasteiger partial charge in [-0.3, -0.25) is 4.79 Å². The number of carboxylic acid groups (broad SMARTS) is 1. The molecule has 0 radical (unpaired) electrons. The molecule has 0 amide bonds. The summed E-state index contributed by atoms with van der Waals surface area (Å²) >= 11 is 0. The first-order chi connectivity index (χ1) is 40.8. The standard InChI is InChI=1S/C73H112O12Si/c1-17-86(18-2,19-3)85-62-48(7)47(6)56(43-78-42-52-28-24-21-25-29-52)81-65(62)84-63-61(83-64-49(8)46(5)45(4)41-79-64)50(9)55(38-51-26-22-20-23-27-51)80-66(63)82-59-33-34-69(12)57(70(59,13)44-74)32-35-71(14)58(69)31-30-53-54-39-68(10,11)36-37-73(54,67(75)76)60(77-16)40-72(53,71)15/h20-30,44-50,54-66H,17-19,31-43H2,1-16H3,(H,75,76)/t45-,46-,47+,48-,49?,50-,54?,55?,56?,57+,58?,59-,60?,61-,62?,63?,64-,65-,66-,69?,70+,71?,72?,73+/m0/s1. The highest BCUT2D eigenvalue weighted by Gasteiger charge is 2.72. The maximum absolute atomic E-state index is 14.7. The molecule has 5 aliphatic carbocycles. The molecule has 2 aromatic carbocycles. The Bertz CT molecular complexity index is 2640. The molecule has 4 saturated carbocycles. The van der Waals surface area contributed by atoms with Crippen LogP contribution in [0, 0.1) is 85.8 Å². The van der Waals surface area contributed by atoms with Crippen LogP contribution in [0.4, 0.5) is 0 Å². The van der Waals surface area contributed by atoms with E-state index in [1.165, 1.54) is 11.9 Å². The van der Waals surface area contributed by atoms with E-state index < -0.39 is 68.4 Å². The zero-order chi connectivity index (χ0) is 61.9. The topological polar surface area (TPSA) is 137 Å². The number of carbonyl (C=O) groups excluding carboxylic acids is 1. The zero-order valence-electron chi connectivity index (χ0n) is 55.6. The number of aldehydes is 1. The van der Waals surface area contributed by atoms with Gasteiger partial charge in [-0.2, -0.15) is 0 Å². The van der Waals surface area contributed by atoms with Crippen LogP contribution in [0.1, 0.15) is 173 Å². The SMILES string of the molecule is CC[Si](CC)(CC)OC1[C@H](OC2[C@H](O[C@H]3CCC4(C)C5CC=C6C7CC(C)(C)CC[C@]7(C(=O)O)C(OC)CC6(C)C5(C)CC[C@H]4[C@@]3(C)C=O)OC(Cc3ccccc3)[C@H](C)[C@@H]2O[C@@H]2OC[C@H](C)[C@H](C)C2C)OC(COCc2ccccc2)[C@H](C)[C@@H]1C. The van der Waals surface area contributed by atoms with Gasteiger partial charge in [0.15, 0.2) is 27.2 Å². The van der Waals surface area contributed by atoms with E-state index in [-0.39, 0.29) is 81.4 Å². The fourth-order valence-corrected chi connectivity index (χ4v) is 22.4. The Hall–Kier alpha value is -2.82. The molecule has 86 heavy (non-hydrogen) atoms. The zero-order valence-corrected chi connectivity index (χ0v) is 56.6. The van der Waals surface area contributed by atoms with Gasteiger partial charge in [-0.15, -0.1) is 0 Å². The number of allylic oxidation sites excluding steroid dienone is 2. The van der Waals surface area contributed by atoms with E-state index in [4.69, 9.17) is 42.3 Å². The molecule has 0 aromatic heterocycles. The van der Waals surface area contributed by atoms with Crippen LogP contribution in [-0.2, 0) is 64.9 Å². The van der Waals surface area contributed by atoms with Crippen LogP contribution in [0.3, 0.4) is 0 Å². The third-order valence-electron chi connectivity index (χ3n) is 26.3. The Kier molecular flexibility index (Phi) is 19.8. The minimum absolute atomic E-state index is 0.000856. The third kappa shape index (κ3) is 11.6. The fraction of sp³-hybridized carbons (Fsp3) is 0.781. The highest BCUT2D eigenvalue weighted by Crippen LogP contribution is 2.76. The maximum Gasteiger partial charge on any atom is 0.312 e. The summed E-state index contributed by atoms with van der Waals surface area (Å²) in [5, 5.41) is 11.3. The molecule has 0 spiro atoms. The van der Waals surface area contributed by atoms with Gasteiger partial charge in [0.05, 0.1) is 61.9 Å². The second-order valence-electron chi connectivity index (χ2n) is 30.9. The van der Waals surface area contributed by atoms with Crippen LogP contribution in [-0.4, -0.2) is 108 Å². The minimum Gasteiger partial charge on any atom is -0.481 e. The Labute approximate surface area is 519 Å². The summed E-state index contributed by atoms with van der Waals surface area (Å²) in [7, 11) is -0.515. The third-order valence-corrected chi connectivity index (χ3v) is 31.0. The quantitative estimate of drug-likeness (QED) is 0.0585. The smallest absolute Gasteiger partial charge is 0.312 e. The second-order valence-corrected chi connectivity index (χ2v) is 35.6. The molecule has 8 aliphatic rings. The number of fused-ring (bicyclic) bond motifs is 7. The monoisotopic (exact) mass is 1210 g/mol. The van der Waals surface area contributed by atoms with Crippen molar-refractivity contribution in [3.63, 3.8) is 0 Å². The van der Waals surface area contributed by atoms with Crippen molar-refractivity contribution in [1.29, 1.82) is 0 Å². The molecule has 0 bridgehead atoms. The van der Waals surface area contributed by atoms with Gasteiger partial charge in [0.2, 0.25) is 0 Å². The number of aliphatic carboxylic acids is 1. The van der Waals surface area contributed by atoms with Crippen LogP contribution < -0.4 is 0 Å². The summed E-state index contributed by atoms with van der Waals surface area (Å²) in [5.41, 5.74) is 1.10. The number of ether oxygens (including phenoxy) is 8. The van der Waals surface area contributed by atoms with Crippen molar-refractivity contribution in [2.24, 2.45) is 85.8 Å². The Balaban J connectivity index is 1.02. The van der Waals surface area contributed by atoms with Crippen molar-refractivity contribution >= 4 is 20.6 Å². The lowest BCUT2D eigenvalue weighted by molar-refractivity contribution is -0.381. The lowest BCUT2D eigenvalue weighted by atomic mass is 9.33. The van der Waals surface area contributed by atoms with Crippen molar-refractivity contribution in [1.82, 2.24) is 0 Å². The Morgan fingerprint density at radius 3 is 1.95 bits per heavy atom. The molecule has 24 atom stereocenters. The van der Waals surface area contributed by atoms with Crippen LogP contribution in [0.2, 0.25) is 18.1 Å². The van der Waals surface area contributed by atoms with E-state index in [2.05, 4.69) is 152 Å². The average molecular weight is 1210 g/mol. The first kappa shape index (κ1) is 66.1. The molecular formula is C73H112O12Si. The molecule has 3 aliphatic heterocycles. The molecule has 12 nitrogen and oxygen atoms in total. The fourth-order valence-electron chi connectivity index (χ4n) is 19.5. The number of methoxy groups -OCH3 is 1. The van der Waals surface area contributed by atoms with Crippen molar-refractivity contribution in [3.8, 4) is 0 Å². The lowest BCUT2D eigenvalue weighted by Gasteiger charge is -2.71. The molecule has 2 aromatic rings. The van der Waals surface area contributed by atoms with Crippen molar-refractivity contribution in [3.05, 3.63) is 83.4 Å². The van der Waals surface area contributed by atoms with Crippen LogP contribution >= 0.6 is 0 Å². The molecule has 3 heterocycles. The van der Waals surface area contributed by atoms with Gasteiger partial charge in [0.1, 0.15) is 17.8 Å². The molecule has 13 heteroatoms. The normalized spacial score (nSPS) is 44.9. The summed E-state index contributed by atoms with van der Waals surface area (Å²) < 4.78 is 65.4. The van der Waals surface area contributed by atoms with Gasteiger partial charge in [0, 0.05) is 18.9 Å². The van der Waals surface area contributed by atoms with Gasteiger partial charge in [-0.1, -0.05) is 176 Å². The predicted molar refractivity (Wildman–Crippen MR) is 338 cm³/mol.